The van der Waals surface area contributed by atoms with Crippen molar-refractivity contribution >= 4 is 29.8 Å². The molecule has 3 rings (SSSR count). The molecule has 0 spiro atoms. The number of hydrogen-bond acceptors (Lipinski definition) is 5. The van der Waals surface area contributed by atoms with Gasteiger partial charge >= 0.3 is 0 Å². The van der Waals surface area contributed by atoms with Gasteiger partial charge in [-0.3, -0.25) is 4.79 Å². The highest BCUT2D eigenvalue weighted by atomic mass is 32.2. The third-order valence-electron chi connectivity index (χ3n) is 4.41. The Hall–Kier alpha value is -2.99. The molecule has 0 saturated heterocycles. The first kappa shape index (κ1) is 20.7. The Balaban J connectivity index is 1.51. The van der Waals surface area contributed by atoms with Crippen LogP contribution in [0.1, 0.15) is 35.5 Å². The molecule has 0 aliphatic carbocycles. The predicted octanol–water partition coefficient (Wildman–Crippen LogP) is 5.18. The van der Waals surface area contributed by atoms with E-state index in [2.05, 4.69) is 41.4 Å². The van der Waals surface area contributed by atoms with Crippen LogP contribution in [-0.2, 0) is 5.75 Å². The van der Waals surface area contributed by atoms with Crippen molar-refractivity contribution in [2.45, 2.75) is 24.5 Å². The van der Waals surface area contributed by atoms with E-state index in [1.54, 1.807) is 11.8 Å². The third kappa shape index (κ3) is 5.99. The lowest BCUT2D eigenvalue weighted by atomic mass is 10.1. The fourth-order valence-corrected chi connectivity index (χ4v) is 3.65. The van der Waals surface area contributed by atoms with Gasteiger partial charge in [0.25, 0.3) is 5.91 Å². The first-order chi connectivity index (χ1) is 14.2. The maximum Gasteiger partial charge on any atom is 0.271 e. The van der Waals surface area contributed by atoms with Crippen LogP contribution in [0.2, 0.25) is 0 Å². The van der Waals surface area contributed by atoms with Crippen LogP contribution in [0.3, 0.4) is 0 Å². The molecule has 0 saturated carbocycles. The van der Waals surface area contributed by atoms with Crippen LogP contribution in [0, 0.1) is 0 Å². The van der Waals surface area contributed by atoms with Gasteiger partial charge in [-0.1, -0.05) is 30.3 Å². The molecule has 0 aliphatic heterocycles. The van der Waals surface area contributed by atoms with E-state index in [9.17, 15) is 4.79 Å². The van der Waals surface area contributed by atoms with Crippen LogP contribution in [0.15, 0.2) is 81.1 Å². The van der Waals surface area contributed by atoms with Crippen molar-refractivity contribution in [3.8, 4) is 0 Å². The number of amides is 1. The fourth-order valence-electron chi connectivity index (χ4n) is 2.77. The van der Waals surface area contributed by atoms with E-state index in [-0.39, 0.29) is 5.91 Å². The normalized spacial score (nSPS) is 11.0. The quantitative estimate of drug-likeness (QED) is 0.302. The molecule has 0 atom stereocenters. The molecule has 150 valence electrons. The number of rotatable bonds is 9. The molecular weight excluding hydrogens is 382 g/mol. The van der Waals surface area contributed by atoms with Gasteiger partial charge in [-0.05, 0) is 49.7 Å². The van der Waals surface area contributed by atoms with E-state index in [0.717, 1.165) is 24.7 Å². The van der Waals surface area contributed by atoms with Gasteiger partial charge < -0.3 is 9.32 Å². The minimum atomic E-state index is -0.251. The summed E-state index contributed by atoms with van der Waals surface area (Å²) in [5.74, 6) is 2.00. The van der Waals surface area contributed by atoms with Crippen LogP contribution < -0.4 is 10.3 Å². The molecule has 1 heterocycles. The van der Waals surface area contributed by atoms with Crippen molar-refractivity contribution in [3.63, 3.8) is 0 Å². The van der Waals surface area contributed by atoms with E-state index in [1.807, 2.05) is 54.6 Å². The SMILES string of the molecule is CCN(CC)c1ccc(/C=N\NC(=O)c2ccc(CSc3ccccc3)cc2)o1. The lowest BCUT2D eigenvalue weighted by Crippen LogP contribution is -2.20. The lowest BCUT2D eigenvalue weighted by molar-refractivity contribution is 0.0955. The average Bonchev–Trinajstić information content (AvgIpc) is 3.23. The van der Waals surface area contributed by atoms with Crippen molar-refractivity contribution in [2.75, 3.05) is 18.0 Å². The summed E-state index contributed by atoms with van der Waals surface area (Å²) in [6, 6.07) is 21.6. The molecule has 0 aliphatic rings. The number of nitrogens with zero attached hydrogens (tertiary/aromatic N) is 2. The largest absolute Gasteiger partial charge is 0.440 e. The standard InChI is InChI=1S/C23H25N3O2S/c1-3-26(4-2)22-15-14-20(28-22)16-24-25-23(27)19-12-10-18(11-13-19)17-29-21-8-6-5-7-9-21/h5-16H,3-4,17H2,1-2H3,(H,25,27)/b24-16-. The summed E-state index contributed by atoms with van der Waals surface area (Å²) in [4.78, 5) is 15.6. The van der Waals surface area contributed by atoms with E-state index in [1.165, 1.54) is 16.7 Å². The zero-order valence-corrected chi connectivity index (χ0v) is 17.5. The molecule has 1 N–H and O–H groups in total. The van der Waals surface area contributed by atoms with Gasteiger partial charge in [0, 0.05) is 35.4 Å². The molecule has 0 bridgehead atoms. The summed E-state index contributed by atoms with van der Waals surface area (Å²) in [6.45, 7) is 5.89. The molecule has 6 heteroatoms. The number of carbonyl (C=O) groups is 1. The second-order valence-corrected chi connectivity index (χ2v) is 7.39. The third-order valence-corrected chi connectivity index (χ3v) is 5.49. The number of benzene rings is 2. The summed E-state index contributed by atoms with van der Waals surface area (Å²) >= 11 is 1.77. The topological polar surface area (TPSA) is 57.8 Å². The van der Waals surface area contributed by atoms with Crippen molar-refractivity contribution in [1.29, 1.82) is 0 Å². The zero-order chi connectivity index (χ0) is 20.5. The summed E-state index contributed by atoms with van der Waals surface area (Å²) in [5, 5.41) is 4.00. The smallest absolute Gasteiger partial charge is 0.271 e. The highest BCUT2D eigenvalue weighted by Gasteiger charge is 2.07. The van der Waals surface area contributed by atoms with Crippen LogP contribution in [-0.4, -0.2) is 25.2 Å². The van der Waals surface area contributed by atoms with Gasteiger partial charge in [-0.15, -0.1) is 11.8 Å². The van der Waals surface area contributed by atoms with Crippen molar-refractivity contribution < 1.29 is 9.21 Å². The van der Waals surface area contributed by atoms with Gasteiger partial charge in [0.2, 0.25) is 0 Å². The van der Waals surface area contributed by atoms with Gasteiger partial charge in [0.1, 0.15) is 5.76 Å². The Morgan fingerprint density at radius 1 is 1.03 bits per heavy atom. The predicted molar refractivity (Wildman–Crippen MR) is 120 cm³/mol. The number of anilines is 1. The second-order valence-electron chi connectivity index (χ2n) is 6.35. The van der Waals surface area contributed by atoms with Gasteiger partial charge in [0.15, 0.2) is 5.88 Å². The number of thioether (sulfide) groups is 1. The zero-order valence-electron chi connectivity index (χ0n) is 16.7. The Bertz CT molecular complexity index is 932. The Labute approximate surface area is 175 Å². The van der Waals surface area contributed by atoms with Crippen molar-refractivity contribution in [3.05, 3.63) is 83.6 Å². The monoisotopic (exact) mass is 407 g/mol. The van der Waals surface area contributed by atoms with E-state index in [4.69, 9.17) is 4.42 Å². The minimum Gasteiger partial charge on any atom is -0.440 e. The number of furan rings is 1. The molecule has 2 aromatic carbocycles. The number of hydrazone groups is 1. The van der Waals surface area contributed by atoms with Crippen LogP contribution in [0.4, 0.5) is 5.88 Å². The molecule has 29 heavy (non-hydrogen) atoms. The number of hydrogen-bond donors (Lipinski definition) is 1. The molecule has 5 nitrogen and oxygen atoms in total. The highest BCUT2D eigenvalue weighted by molar-refractivity contribution is 7.98. The van der Waals surface area contributed by atoms with E-state index in [0.29, 0.717) is 11.3 Å². The average molecular weight is 408 g/mol. The summed E-state index contributed by atoms with van der Waals surface area (Å²) in [7, 11) is 0. The number of carbonyl (C=O) groups excluding carboxylic acids is 1. The van der Waals surface area contributed by atoms with E-state index >= 15 is 0 Å². The maximum atomic E-state index is 12.3. The maximum absolute atomic E-state index is 12.3. The number of nitrogens with one attached hydrogen (secondary N) is 1. The van der Waals surface area contributed by atoms with Crippen LogP contribution in [0.25, 0.3) is 0 Å². The van der Waals surface area contributed by atoms with Gasteiger partial charge in [-0.25, -0.2) is 5.43 Å². The molecule has 0 radical (unpaired) electrons. The summed E-state index contributed by atoms with van der Waals surface area (Å²) in [5.41, 5.74) is 4.28. The Morgan fingerprint density at radius 2 is 1.76 bits per heavy atom. The van der Waals surface area contributed by atoms with Gasteiger partial charge in [0.05, 0.1) is 6.21 Å². The van der Waals surface area contributed by atoms with Crippen LogP contribution in [0.5, 0.6) is 0 Å². The Kier molecular flexibility index (Phi) is 7.53. The summed E-state index contributed by atoms with van der Waals surface area (Å²) < 4.78 is 5.72. The first-order valence-corrected chi connectivity index (χ1v) is 10.6. The fraction of sp³-hybridized carbons (Fsp3) is 0.217. The Morgan fingerprint density at radius 3 is 2.45 bits per heavy atom. The molecule has 0 fully saturated rings. The van der Waals surface area contributed by atoms with Crippen molar-refractivity contribution in [2.24, 2.45) is 5.10 Å². The molecule has 0 unspecified atom stereocenters. The molecule has 1 amide bonds. The first-order valence-electron chi connectivity index (χ1n) is 9.64. The van der Waals surface area contributed by atoms with Crippen LogP contribution >= 0.6 is 11.8 Å². The van der Waals surface area contributed by atoms with Gasteiger partial charge in [-0.2, -0.15) is 5.10 Å². The lowest BCUT2D eigenvalue weighted by Gasteiger charge is -2.16. The molecule has 1 aromatic heterocycles. The van der Waals surface area contributed by atoms with E-state index < -0.39 is 0 Å². The molecule has 3 aromatic rings. The minimum absolute atomic E-state index is 0.251. The van der Waals surface area contributed by atoms with Crippen molar-refractivity contribution in [1.82, 2.24) is 5.43 Å². The highest BCUT2D eigenvalue weighted by Crippen LogP contribution is 2.22. The second kappa shape index (κ2) is 10.5. The summed E-state index contributed by atoms with van der Waals surface area (Å²) in [6.07, 6.45) is 1.51. The molecular formula is C23H25N3O2S.